The van der Waals surface area contributed by atoms with E-state index >= 15 is 0 Å². The van der Waals surface area contributed by atoms with E-state index in [1.165, 1.54) is 0 Å². The lowest BCUT2D eigenvalue weighted by Gasteiger charge is -2.43. The Kier molecular flexibility index (Phi) is 7.38. The van der Waals surface area contributed by atoms with E-state index in [4.69, 9.17) is 16.3 Å². The molecule has 2 unspecified atom stereocenters. The number of nitrogens with zero attached hydrogens (tertiary/aromatic N) is 3. The van der Waals surface area contributed by atoms with Gasteiger partial charge in [0.05, 0.1) is 17.7 Å². The van der Waals surface area contributed by atoms with Gasteiger partial charge in [-0.2, -0.15) is 10.4 Å². The molecular formula is C28H34ClN3O3. The number of aromatic nitrogens is 2. The third-order valence-corrected chi connectivity index (χ3v) is 8.14. The second-order valence-electron chi connectivity index (χ2n) is 10.6. The van der Waals surface area contributed by atoms with Crippen molar-refractivity contribution in [3.05, 3.63) is 52.3 Å². The van der Waals surface area contributed by atoms with Crippen LogP contribution in [0.15, 0.2) is 30.6 Å². The van der Waals surface area contributed by atoms with Gasteiger partial charge in [-0.1, -0.05) is 36.6 Å². The number of carbonyl (C=O) groups excluding carboxylic acids is 2. The maximum Gasteiger partial charge on any atom is 0.317 e. The summed E-state index contributed by atoms with van der Waals surface area (Å²) in [6, 6.07) is 8.10. The maximum absolute atomic E-state index is 13.3. The van der Waals surface area contributed by atoms with E-state index < -0.39 is 22.9 Å². The number of carbonyl (C=O) groups is 2. The summed E-state index contributed by atoms with van der Waals surface area (Å²) in [4.78, 5) is 26.5. The molecule has 0 spiro atoms. The van der Waals surface area contributed by atoms with Crippen LogP contribution in [0.2, 0.25) is 5.02 Å². The predicted octanol–water partition coefficient (Wildman–Crippen LogP) is 5.59. The van der Waals surface area contributed by atoms with Crippen molar-refractivity contribution in [1.82, 2.24) is 9.78 Å². The van der Waals surface area contributed by atoms with Crippen molar-refractivity contribution in [3.8, 4) is 6.07 Å². The Morgan fingerprint density at radius 3 is 2.60 bits per heavy atom. The van der Waals surface area contributed by atoms with Gasteiger partial charge in [0.25, 0.3) is 0 Å². The van der Waals surface area contributed by atoms with Gasteiger partial charge in [-0.15, -0.1) is 0 Å². The van der Waals surface area contributed by atoms with Crippen molar-refractivity contribution in [1.29, 1.82) is 5.26 Å². The smallest absolute Gasteiger partial charge is 0.317 e. The van der Waals surface area contributed by atoms with Crippen molar-refractivity contribution in [2.75, 3.05) is 0 Å². The van der Waals surface area contributed by atoms with E-state index in [-0.39, 0.29) is 18.1 Å². The molecule has 186 valence electrons. The van der Waals surface area contributed by atoms with Gasteiger partial charge in [0, 0.05) is 24.2 Å². The van der Waals surface area contributed by atoms with Crippen molar-refractivity contribution in [3.63, 3.8) is 0 Å². The molecule has 2 heterocycles. The number of ether oxygens (including phenoxy) is 1. The van der Waals surface area contributed by atoms with E-state index in [2.05, 4.69) is 11.2 Å². The molecule has 1 saturated carbocycles. The monoisotopic (exact) mass is 495 g/mol. The number of rotatable bonds is 8. The van der Waals surface area contributed by atoms with Gasteiger partial charge < -0.3 is 4.74 Å². The van der Waals surface area contributed by atoms with E-state index in [0.717, 1.165) is 48.9 Å². The predicted molar refractivity (Wildman–Crippen MR) is 134 cm³/mol. The summed E-state index contributed by atoms with van der Waals surface area (Å²) >= 11 is 6.53. The number of aryl methyl sites for hydroxylation is 2. The van der Waals surface area contributed by atoms with Crippen molar-refractivity contribution < 1.29 is 14.3 Å². The molecular weight excluding hydrogens is 462 g/mol. The van der Waals surface area contributed by atoms with Gasteiger partial charge in [0.1, 0.15) is 11.5 Å². The number of cyclic esters (lactones) is 1. The van der Waals surface area contributed by atoms with Crippen LogP contribution >= 0.6 is 11.6 Å². The average Bonchev–Trinajstić information content (AvgIpc) is 3.52. The minimum atomic E-state index is -0.763. The number of Topliss-reactive ketones (excluding diaryl/α,β-unsaturated/α-hetero) is 1. The van der Waals surface area contributed by atoms with E-state index in [1.54, 1.807) is 10.9 Å². The number of esters is 1. The van der Waals surface area contributed by atoms with Crippen LogP contribution in [0.3, 0.4) is 0 Å². The van der Waals surface area contributed by atoms with Crippen LogP contribution < -0.4 is 0 Å². The second kappa shape index (κ2) is 10.1. The van der Waals surface area contributed by atoms with E-state index in [9.17, 15) is 14.9 Å². The molecule has 1 aliphatic carbocycles. The molecule has 1 saturated heterocycles. The fourth-order valence-electron chi connectivity index (χ4n) is 5.63. The van der Waals surface area contributed by atoms with Gasteiger partial charge in [-0.05, 0) is 81.5 Å². The molecule has 2 aliphatic rings. The molecule has 2 fully saturated rings. The Labute approximate surface area is 212 Å². The van der Waals surface area contributed by atoms with Crippen LogP contribution in [0.4, 0.5) is 0 Å². The number of benzene rings is 1. The van der Waals surface area contributed by atoms with Crippen LogP contribution in [-0.2, 0) is 39.1 Å². The first-order valence-electron chi connectivity index (χ1n) is 12.6. The first kappa shape index (κ1) is 25.4. The molecule has 0 radical (unpaired) electrons. The topological polar surface area (TPSA) is 85.0 Å². The first-order valence-corrected chi connectivity index (χ1v) is 13.0. The van der Waals surface area contributed by atoms with Crippen molar-refractivity contribution >= 4 is 23.4 Å². The number of nitriles is 1. The summed E-state index contributed by atoms with van der Waals surface area (Å²) in [5.74, 6) is -0.990. The summed E-state index contributed by atoms with van der Waals surface area (Å²) in [7, 11) is 0. The Bertz CT molecular complexity index is 1120. The first-order chi connectivity index (χ1) is 16.7. The van der Waals surface area contributed by atoms with Gasteiger partial charge in [-0.25, -0.2) is 0 Å². The third-order valence-electron chi connectivity index (χ3n) is 7.82. The molecule has 35 heavy (non-hydrogen) atoms. The number of hydrogen-bond donors (Lipinski definition) is 0. The number of ketones is 1. The minimum absolute atomic E-state index is 0.0263. The highest BCUT2D eigenvalue weighted by Crippen LogP contribution is 2.45. The SMILES string of the molecule is CCn1cc(CC2C(=O)CC(CCc3ccc(C(C)(C)C#N)c(Cl)c3)(C3CCCC3)OC2=O)cn1. The molecule has 1 aliphatic heterocycles. The molecule has 4 rings (SSSR count). The summed E-state index contributed by atoms with van der Waals surface area (Å²) in [5, 5.41) is 14.3. The maximum atomic E-state index is 13.3. The zero-order chi connectivity index (χ0) is 25.2. The Morgan fingerprint density at radius 1 is 1.26 bits per heavy atom. The molecule has 2 atom stereocenters. The minimum Gasteiger partial charge on any atom is -0.458 e. The quantitative estimate of drug-likeness (QED) is 0.352. The van der Waals surface area contributed by atoms with Crippen LogP contribution in [0.25, 0.3) is 0 Å². The standard InChI is InChI=1S/C28H34ClN3O3/c1-4-32-17-20(16-31-32)13-22-25(33)15-28(35-26(22)34,21-7-5-6-8-21)12-11-19-9-10-23(24(29)14-19)27(2,3)18-30/h9-10,14,16-17,21-22H,4-8,11-13,15H2,1-3H3. The van der Waals surface area contributed by atoms with Crippen LogP contribution in [0.1, 0.15) is 76.0 Å². The highest BCUT2D eigenvalue weighted by atomic mass is 35.5. The lowest BCUT2D eigenvalue weighted by molar-refractivity contribution is -0.185. The van der Waals surface area contributed by atoms with Gasteiger partial charge >= 0.3 is 5.97 Å². The summed E-state index contributed by atoms with van der Waals surface area (Å²) < 4.78 is 8.03. The number of hydrogen-bond acceptors (Lipinski definition) is 5. The second-order valence-corrected chi connectivity index (χ2v) is 11.0. The van der Waals surface area contributed by atoms with Crippen LogP contribution in [0, 0.1) is 23.2 Å². The normalized spacial score (nSPS) is 23.3. The zero-order valence-corrected chi connectivity index (χ0v) is 21.6. The molecule has 0 bridgehead atoms. The molecule has 0 N–H and O–H groups in total. The van der Waals surface area contributed by atoms with Crippen LogP contribution in [0.5, 0.6) is 0 Å². The number of halogens is 1. The molecule has 2 aromatic rings. The lowest BCUT2D eigenvalue weighted by atomic mass is 9.73. The van der Waals surface area contributed by atoms with Gasteiger partial charge in [0.2, 0.25) is 0 Å². The average molecular weight is 496 g/mol. The Hall–Kier alpha value is -2.65. The zero-order valence-electron chi connectivity index (χ0n) is 20.8. The Morgan fingerprint density at radius 2 is 2.00 bits per heavy atom. The summed E-state index contributed by atoms with van der Waals surface area (Å²) in [6.07, 6.45) is 9.61. The highest BCUT2D eigenvalue weighted by molar-refractivity contribution is 6.31. The fourth-order valence-corrected chi connectivity index (χ4v) is 6.07. The lowest BCUT2D eigenvalue weighted by Crippen LogP contribution is -2.52. The molecule has 1 aromatic carbocycles. The highest BCUT2D eigenvalue weighted by Gasteiger charge is 2.51. The van der Waals surface area contributed by atoms with Gasteiger partial charge in [0.15, 0.2) is 5.78 Å². The summed E-state index contributed by atoms with van der Waals surface area (Å²) in [5.41, 5.74) is 1.26. The third kappa shape index (κ3) is 5.30. The van der Waals surface area contributed by atoms with Crippen LogP contribution in [-0.4, -0.2) is 27.1 Å². The van der Waals surface area contributed by atoms with Crippen molar-refractivity contribution in [2.24, 2.45) is 11.8 Å². The van der Waals surface area contributed by atoms with Gasteiger partial charge in [-0.3, -0.25) is 14.3 Å². The van der Waals surface area contributed by atoms with E-state index in [1.807, 2.05) is 45.2 Å². The molecule has 1 aromatic heterocycles. The van der Waals surface area contributed by atoms with Crippen molar-refractivity contribution in [2.45, 2.75) is 89.7 Å². The Balaban J connectivity index is 1.52. The van der Waals surface area contributed by atoms with E-state index in [0.29, 0.717) is 24.3 Å². The molecule has 7 heteroatoms. The summed E-state index contributed by atoms with van der Waals surface area (Å²) in [6.45, 7) is 6.43. The molecule has 6 nitrogen and oxygen atoms in total. The fraction of sp³-hybridized carbons (Fsp3) is 0.571. The largest absolute Gasteiger partial charge is 0.458 e. The molecule has 0 amide bonds.